The molecule has 1 aliphatic rings. The van der Waals surface area contributed by atoms with Crippen LogP contribution in [0.5, 0.6) is 0 Å². The predicted octanol–water partition coefficient (Wildman–Crippen LogP) is 2.87. The van der Waals surface area contributed by atoms with Gasteiger partial charge in [0, 0.05) is 0 Å². The summed E-state index contributed by atoms with van der Waals surface area (Å²) < 4.78 is 21.9. The van der Waals surface area contributed by atoms with Gasteiger partial charge in [-0.25, -0.2) is 9.59 Å². The fourth-order valence-corrected chi connectivity index (χ4v) is 4.98. The fourth-order valence-electron chi connectivity index (χ4n) is 3.01. The highest BCUT2D eigenvalue weighted by Gasteiger charge is 2.49. The van der Waals surface area contributed by atoms with Crippen molar-refractivity contribution in [2.75, 3.05) is 0 Å². The van der Waals surface area contributed by atoms with Gasteiger partial charge in [-0.1, -0.05) is 60.4 Å². The van der Waals surface area contributed by atoms with Crippen molar-refractivity contribution in [2.24, 2.45) is 0 Å². The minimum absolute atomic E-state index is 0.315. The van der Waals surface area contributed by atoms with Crippen LogP contribution in [0.2, 0.25) is 19.4 Å². The number of allylic oxidation sites excluding steroid dienone is 1. The van der Waals surface area contributed by atoms with Crippen molar-refractivity contribution in [3.8, 4) is 0 Å². The third-order valence-electron chi connectivity index (χ3n) is 4.42. The first kappa shape index (κ1) is 23.4. The molecule has 0 aromatic heterocycles. The normalized spacial score (nSPS) is 19.9. The molecule has 158 valence electrons. The van der Waals surface area contributed by atoms with E-state index >= 15 is 0 Å². The lowest BCUT2D eigenvalue weighted by atomic mass is 9.85. The van der Waals surface area contributed by atoms with Crippen molar-refractivity contribution in [3.05, 3.63) is 42.1 Å². The van der Waals surface area contributed by atoms with Crippen LogP contribution in [-0.4, -0.2) is 51.5 Å². The second-order valence-corrected chi connectivity index (χ2v) is 12.6. The molecule has 8 heteroatoms. The number of hydrogen-bond acceptors (Lipinski definition) is 6. The molecule has 1 heterocycles. The van der Waals surface area contributed by atoms with E-state index in [1.54, 1.807) is 27.7 Å². The first-order valence-corrected chi connectivity index (χ1v) is 13.1. The van der Waals surface area contributed by atoms with Crippen molar-refractivity contribution in [3.63, 3.8) is 0 Å². The van der Waals surface area contributed by atoms with E-state index in [9.17, 15) is 9.59 Å². The van der Waals surface area contributed by atoms with E-state index in [-0.39, 0.29) is 12.2 Å². The molecule has 2 atom stereocenters. The van der Waals surface area contributed by atoms with Gasteiger partial charge in [0.2, 0.25) is 0 Å². The molecule has 1 aliphatic heterocycles. The minimum atomic E-state index is -1.75. The number of carbonyl (C=O) groups is 2. The molecule has 0 bridgehead atoms. The summed E-state index contributed by atoms with van der Waals surface area (Å²) in [5.74, 6) is -1.23. The average molecular weight is 418 g/mol. The van der Waals surface area contributed by atoms with Gasteiger partial charge in [-0.15, -0.1) is 0 Å². The molecule has 0 aliphatic carbocycles. The summed E-state index contributed by atoms with van der Waals surface area (Å²) in [6.07, 6.45) is -0.442. The highest BCUT2D eigenvalue weighted by Crippen LogP contribution is 2.23. The lowest BCUT2D eigenvalue weighted by Gasteiger charge is -2.18. The standard InChI is InChI=1S/C21H31BO6Si/c1-15(2)25-20(23)18-19(21(24)26-16(3)4)28-22(27-18)13-10-14-29(5,6)17-11-8-7-9-12-17/h7-12,14-16,18-19H,13H2,1-6H3/b14-10-/t18-,19-/m1/s1. The largest absolute Gasteiger partial charge is 0.462 e. The van der Waals surface area contributed by atoms with Gasteiger partial charge in [0.05, 0.1) is 12.2 Å². The van der Waals surface area contributed by atoms with Crippen molar-refractivity contribution < 1.29 is 28.4 Å². The molecule has 29 heavy (non-hydrogen) atoms. The molecule has 1 aromatic rings. The van der Waals surface area contributed by atoms with Crippen LogP contribution >= 0.6 is 0 Å². The Kier molecular flexibility index (Phi) is 8.25. The van der Waals surface area contributed by atoms with Crippen LogP contribution < -0.4 is 5.19 Å². The molecule has 1 aromatic carbocycles. The van der Waals surface area contributed by atoms with E-state index in [2.05, 4.69) is 30.9 Å². The van der Waals surface area contributed by atoms with Crippen LogP contribution in [0.25, 0.3) is 0 Å². The van der Waals surface area contributed by atoms with Crippen molar-refractivity contribution in [2.45, 2.75) is 71.5 Å². The van der Waals surface area contributed by atoms with Gasteiger partial charge in [-0.3, -0.25) is 0 Å². The summed E-state index contributed by atoms with van der Waals surface area (Å²) in [7, 11) is -2.45. The van der Waals surface area contributed by atoms with E-state index in [4.69, 9.17) is 18.8 Å². The molecule has 1 saturated heterocycles. The number of ether oxygens (including phenoxy) is 2. The van der Waals surface area contributed by atoms with Crippen LogP contribution in [0, 0.1) is 0 Å². The monoisotopic (exact) mass is 418 g/mol. The SMILES string of the molecule is CC(C)OC(=O)[C@@H]1OB(C/C=C\[Si](C)(C)c2ccccc2)O[C@H]1C(=O)OC(C)C. The third kappa shape index (κ3) is 6.83. The molecule has 0 spiro atoms. The van der Waals surface area contributed by atoms with Crippen LogP contribution in [0.4, 0.5) is 0 Å². The van der Waals surface area contributed by atoms with Gasteiger partial charge in [0.1, 0.15) is 8.07 Å². The van der Waals surface area contributed by atoms with E-state index < -0.39 is 39.3 Å². The molecule has 0 radical (unpaired) electrons. The second kappa shape index (κ2) is 10.2. The highest BCUT2D eigenvalue weighted by atomic mass is 28.3. The predicted molar refractivity (Wildman–Crippen MR) is 115 cm³/mol. The Balaban J connectivity index is 2.05. The number of hydrogen-bond donors (Lipinski definition) is 0. The third-order valence-corrected chi connectivity index (χ3v) is 7.31. The molecule has 6 nitrogen and oxygen atoms in total. The van der Waals surface area contributed by atoms with Crippen molar-refractivity contribution in [1.82, 2.24) is 0 Å². The molecule has 0 N–H and O–H groups in total. The maximum atomic E-state index is 12.4. The van der Waals surface area contributed by atoms with Gasteiger partial charge in [0.15, 0.2) is 12.2 Å². The Morgan fingerprint density at radius 3 is 1.93 bits per heavy atom. The summed E-state index contributed by atoms with van der Waals surface area (Å²) in [6, 6.07) is 10.3. The van der Waals surface area contributed by atoms with Crippen LogP contribution in [0.3, 0.4) is 0 Å². The molecular weight excluding hydrogens is 387 g/mol. The highest BCUT2D eigenvalue weighted by molar-refractivity contribution is 6.94. The first-order chi connectivity index (χ1) is 13.6. The van der Waals surface area contributed by atoms with E-state index in [0.29, 0.717) is 6.32 Å². The van der Waals surface area contributed by atoms with Gasteiger partial charge in [-0.2, -0.15) is 0 Å². The number of benzene rings is 1. The minimum Gasteiger partial charge on any atom is -0.461 e. The van der Waals surface area contributed by atoms with Crippen LogP contribution in [0.15, 0.2) is 42.1 Å². The van der Waals surface area contributed by atoms with Crippen molar-refractivity contribution >= 4 is 32.3 Å². The molecule has 0 saturated carbocycles. The summed E-state index contributed by atoms with van der Waals surface area (Å²) in [4.78, 5) is 24.7. The Bertz CT molecular complexity index is 689. The maximum Gasteiger partial charge on any atom is 0.462 e. The smallest absolute Gasteiger partial charge is 0.461 e. The number of carbonyl (C=O) groups excluding carboxylic acids is 2. The van der Waals surface area contributed by atoms with Gasteiger partial charge < -0.3 is 18.8 Å². The van der Waals surface area contributed by atoms with Gasteiger partial charge in [-0.05, 0) is 34.0 Å². The molecular formula is C21H31BO6Si. The number of esters is 2. The van der Waals surface area contributed by atoms with Crippen molar-refractivity contribution in [1.29, 1.82) is 0 Å². The lowest BCUT2D eigenvalue weighted by Crippen LogP contribution is -2.40. The zero-order chi connectivity index (χ0) is 21.6. The van der Waals surface area contributed by atoms with E-state index in [1.165, 1.54) is 5.19 Å². The van der Waals surface area contributed by atoms with Gasteiger partial charge >= 0.3 is 19.1 Å². The summed E-state index contributed by atoms with van der Waals surface area (Å²) in [5, 5.41) is 1.32. The Labute approximate surface area is 174 Å². The van der Waals surface area contributed by atoms with Gasteiger partial charge in [0.25, 0.3) is 0 Å². The Hall–Kier alpha value is -1.90. The second-order valence-electron chi connectivity index (χ2n) is 8.24. The molecule has 0 unspecified atom stereocenters. The quantitative estimate of drug-likeness (QED) is 0.478. The fraction of sp³-hybridized carbons (Fsp3) is 0.524. The summed E-state index contributed by atoms with van der Waals surface area (Å²) in [6.45, 7) is 11.5. The summed E-state index contributed by atoms with van der Waals surface area (Å²) >= 11 is 0. The lowest BCUT2D eigenvalue weighted by molar-refractivity contribution is -0.167. The molecule has 1 fully saturated rings. The maximum absolute atomic E-state index is 12.4. The average Bonchev–Trinajstić information content (AvgIpc) is 3.06. The Morgan fingerprint density at radius 1 is 1.00 bits per heavy atom. The first-order valence-electron chi connectivity index (χ1n) is 10.0. The van der Waals surface area contributed by atoms with E-state index in [1.807, 2.05) is 24.3 Å². The molecule has 0 amide bonds. The zero-order valence-electron chi connectivity index (χ0n) is 18.1. The van der Waals surface area contributed by atoms with E-state index in [0.717, 1.165) is 0 Å². The molecule has 2 rings (SSSR count). The number of rotatable bonds is 8. The topological polar surface area (TPSA) is 71.1 Å². The Morgan fingerprint density at radius 2 is 1.48 bits per heavy atom. The van der Waals surface area contributed by atoms with Crippen LogP contribution in [-0.2, 0) is 28.4 Å². The summed E-state index contributed by atoms with van der Waals surface area (Å²) in [5.41, 5.74) is 2.20. The van der Waals surface area contributed by atoms with Crippen LogP contribution in [0.1, 0.15) is 27.7 Å². The zero-order valence-corrected chi connectivity index (χ0v) is 19.1.